The molecule has 100 valence electrons. The molecule has 0 spiro atoms. The summed E-state index contributed by atoms with van der Waals surface area (Å²) in [6.07, 6.45) is 0.0902. The quantitative estimate of drug-likeness (QED) is 0.648. The second kappa shape index (κ2) is 6.20. The van der Waals surface area contributed by atoms with Crippen LogP contribution in [0.25, 0.3) is 0 Å². The molecule has 0 fully saturated rings. The maximum absolute atomic E-state index is 12.4. The third-order valence-corrected chi connectivity index (χ3v) is 4.71. The van der Waals surface area contributed by atoms with E-state index in [2.05, 4.69) is 31.9 Å². The van der Waals surface area contributed by atoms with E-state index in [1.807, 2.05) is 32.0 Å². The standard InChI is InChI=1S/C14H12Br2O2S/c1-8(2)18-10-5-3-4-9(6-10)13(17)11-7-12(15)19-14(11)16/h3-8H,1-2H3. The fourth-order valence-corrected chi connectivity index (χ4v) is 4.43. The summed E-state index contributed by atoms with van der Waals surface area (Å²) in [6.45, 7) is 3.92. The summed E-state index contributed by atoms with van der Waals surface area (Å²) in [5.41, 5.74) is 1.29. The summed E-state index contributed by atoms with van der Waals surface area (Å²) in [4.78, 5) is 12.4. The van der Waals surface area contributed by atoms with Crippen molar-refractivity contribution in [1.29, 1.82) is 0 Å². The molecular formula is C14H12Br2O2S. The van der Waals surface area contributed by atoms with Crippen LogP contribution in [0.4, 0.5) is 0 Å². The number of hydrogen-bond donors (Lipinski definition) is 0. The topological polar surface area (TPSA) is 26.3 Å². The average Bonchev–Trinajstić information content (AvgIpc) is 2.67. The van der Waals surface area contributed by atoms with Crippen molar-refractivity contribution in [3.63, 3.8) is 0 Å². The highest BCUT2D eigenvalue weighted by atomic mass is 79.9. The van der Waals surface area contributed by atoms with Crippen molar-refractivity contribution in [2.75, 3.05) is 0 Å². The zero-order valence-corrected chi connectivity index (χ0v) is 14.4. The first-order valence-corrected chi connectivity index (χ1v) is 8.14. The van der Waals surface area contributed by atoms with Gasteiger partial charge in [-0.25, -0.2) is 0 Å². The molecule has 0 saturated carbocycles. The van der Waals surface area contributed by atoms with Crippen LogP contribution >= 0.6 is 43.2 Å². The van der Waals surface area contributed by atoms with Crippen LogP contribution in [-0.2, 0) is 0 Å². The van der Waals surface area contributed by atoms with Gasteiger partial charge in [0.2, 0.25) is 0 Å². The molecule has 0 atom stereocenters. The van der Waals surface area contributed by atoms with Crippen molar-refractivity contribution in [2.24, 2.45) is 0 Å². The van der Waals surface area contributed by atoms with Gasteiger partial charge in [0.05, 0.1) is 13.7 Å². The molecule has 0 radical (unpaired) electrons. The van der Waals surface area contributed by atoms with E-state index in [1.54, 1.807) is 12.1 Å². The van der Waals surface area contributed by atoms with Crippen LogP contribution in [0.15, 0.2) is 37.9 Å². The van der Waals surface area contributed by atoms with Gasteiger partial charge in [0.1, 0.15) is 5.75 Å². The molecule has 0 amide bonds. The summed E-state index contributed by atoms with van der Waals surface area (Å²) < 4.78 is 7.37. The molecule has 1 aromatic heterocycles. The lowest BCUT2D eigenvalue weighted by atomic mass is 10.1. The SMILES string of the molecule is CC(C)Oc1cccc(C(=O)c2cc(Br)sc2Br)c1. The molecule has 2 rings (SSSR count). The van der Waals surface area contributed by atoms with Gasteiger partial charge in [-0.2, -0.15) is 0 Å². The number of halogens is 2. The van der Waals surface area contributed by atoms with E-state index in [1.165, 1.54) is 11.3 Å². The van der Waals surface area contributed by atoms with Crippen LogP contribution in [0.3, 0.4) is 0 Å². The first-order chi connectivity index (χ1) is 8.97. The summed E-state index contributed by atoms with van der Waals surface area (Å²) in [5, 5.41) is 0. The number of ketones is 1. The third-order valence-electron chi connectivity index (χ3n) is 2.37. The molecule has 0 bridgehead atoms. The molecule has 0 aliphatic carbocycles. The van der Waals surface area contributed by atoms with E-state index in [0.29, 0.717) is 16.9 Å². The van der Waals surface area contributed by atoms with Crippen molar-refractivity contribution >= 4 is 49.0 Å². The highest BCUT2D eigenvalue weighted by molar-refractivity contribution is 9.12. The molecule has 1 aromatic carbocycles. The van der Waals surface area contributed by atoms with E-state index in [4.69, 9.17) is 4.74 Å². The number of benzene rings is 1. The van der Waals surface area contributed by atoms with Gasteiger partial charge in [0.15, 0.2) is 5.78 Å². The fraction of sp³-hybridized carbons (Fsp3) is 0.214. The minimum absolute atomic E-state index is 0.0111. The molecule has 19 heavy (non-hydrogen) atoms. The molecular weight excluding hydrogens is 392 g/mol. The van der Waals surface area contributed by atoms with Gasteiger partial charge in [-0.05, 0) is 63.9 Å². The second-order valence-electron chi connectivity index (χ2n) is 4.26. The van der Waals surface area contributed by atoms with Crippen molar-refractivity contribution in [3.8, 4) is 5.75 Å². The zero-order valence-electron chi connectivity index (χ0n) is 10.4. The van der Waals surface area contributed by atoms with Gasteiger partial charge in [0.25, 0.3) is 0 Å². The van der Waals surface area contributed by atoms with E-state index >= 15 is 0 Å². The predicted octanol–water partition coefficient (Wildman–Crippen LogP) is 5.29. The van der Waals surface area contributed by atoms with Crippen LogP contribution in [0, 0.1) is 0 Å². The molecule has 0 unspecified atom stereocenters. The number of rotatable bonds is 4. The fourth-order valence-electron chi connectivity index (χ4n) is 1.63. The molecule has 2 nitrogen and oxygen atoms in total. The van der Waals surface area contributed by atoms with E-state index in [0.717, 1.165) is 7.57 Å². The Morgan fingerprint density at radius 2 is 2.00 bits per heavy atom. The molecule has 0 N–H and O–H groups in total. The lowest BCUT2D eigenvalue weighted by Crippen LogP contribution is -2.07. The minimum Gasteiger partial charge on any atom is -0.491 e. The normalized spacial score (nSPS) is 10.8. The predicted molar refractivity (Wildman–Crippen MR) is 85.4 cm³/mol. The van der Waals surface area contributed by atoms with Crippen molar-refractivity contribution in [3.05, 3.63) is 49.0 Å². The van der Waals surface area contributed by atoms with Crippen LogP contribution in [0.5, 0.6) is 5.75 Å². The molecule has 5 heteroatoms. The highest BCUT2D eigenvalue weighted by Gasteiger charge is 2.16. The summed E-state index contributed by atoms with van der Waals surface area (Å²) in [7, 11) is 0. The summed E-state index contributed by atoms with van der Waals surface area (Å²) >= 11 is 8.28. The number of thiophene rings is 1. The van der Waals surface area contributed by atoms with Crippen LogP contribution in [0.1, 0.15) is 29.8 Å². The van der Waals surface area contributed by atoms with Crippen LogP contribution < -0.4 is 4.74 Å². The van der Waals surface area contributed by atoms with Crippen LogP contribution in [-0.4, -0.2) is 11.9 Å². The lowest BCUT2D eigenvalue weighted by Gasteiger charge is -2.10. The first-order valence-electron chi connectivity index (χ1n) is 5.73. The summed E-state index contributed by atoms with van der Waals surface area (Å²) in [6, 6.07) is 9.09. The van der Waals surface area contributed by atoms with Gasteiger partial charge >= 0.3 is 0 Å². The smallest absolute Gasteiger partial charge is 0.195 e. The molecule has 0 aliphatic heterocycles. The van der Waals surface area contributed by atoms with E-state index in [-0.39, 0.29) is 11.9 Å². The molecule has 2 aromatic rings. The summed E-state index contributed by atoms with van der Waals surface area (Å²) in [5.74, 6) is 0.703. The van der Waals surface area contributed by atoms with E-state index in [9.17, 15) is 4.79 Å². The maximum Gasteiger partial charge on any atom is 0.195 e. The van der Waals surface area contributed by atoms with Gasteiger partial charge < -0.3 is 4.74 Å². The molecule has 0 saturated heterocycles. The lowest BCUT2D eigenvalue weighted by molar-refractivity contribution is 0.103. The second-order valence-corrected chi connectivity index (χ2v) is 8.01. The monoisotopic (exact) mass is 402 g/mol. The Kier molecular flexibility index (Phi) is 4.81. The number of carbonyl (C=O) groups excluding carboxylic acids is 1. The Bertz CT molecular complexity index is 605. The largest absolute Gasteiger partial charge is 0.491 e. The molecule has 0 aliphatic rings. The Morgan fingerprint density at radius 1 is 1.26 bits per heavy atom. The van der Waals surface area contributed by atoms with Crippen LogP contribution in [0.2, 0.25) is 0 Å². The zero-order chi connectivity index (χ0) is 14.0. The van der Waals surface area contributed by atoms with Gasteiger partial charge in [-0.1, -0.05) is 12.1 Å². The number of carbonyl (C=O) groups is 1. The number of ether oxygens (including phenoxy) is 1. The van der Waals surface area contributed by atoms with Gasteiger partial charge in [-0.15, -0.1) is 11.3 Å². The highest BCUT2D eigenvalue weighted by Crippen LogP contribution is 2.33. The van der Waals surface area contributed by atoms with Gasteiger partial charge in [-0.3, -0.25) is 4.79 Å². The van der Waals surface area contributed by atoms with E-state index < -0.39 is 0 Å². The van der Waals surface area contributed by atoms with Crippen molar-refractivity contribution in [2.45, 2.75) is 20.0 Å². The minimum atomic E-state index is -0.0111. The Labute approximate surface area is 133 Å². The van der Waals surface area contributed by atoms with Gasteiger partial charge in [0, 0.05) is 11.1 Å². The maximum atomic E-state index is 12.4. The Balaban J connectivity index is 2.31. The van der Waals surface area contributed by atoms with Crippen molar-refractivity contribution in [1.82, 2.24) is 0 Å². The van der Waals surface area contributed by atoms with Crippen molar-refractivity contribution < 1.29 is 9.53 Å². The Hall–Kier alpha value is -0.650. The number of hydrogen-bond acceptors (Lipinski definition) is 3. The Morgan fingerprint density at radius 3 is 2.58 bits per heavy atom. The average molecular weight is 404 g/mol. The molecule has 1 heterocycles. The third kappa shape index (κ3) is 3.68. The first kappa shape index (κ1) is 14.8.